The molecule has 2 N–H and O–H groups in total. The second kappa shape index (κ2) is 4.56. The van der Waals surface area contributed by atoms with Gasteiger partial charge in [-0.2, -0.15) is 0 Å². The van der Waals surface area contributed by atoms with Crippen LogP contribution in [-0.2, 0) is 4.79 Å². The van der Waals surface area contributed by atoms with Crippen molar-refractivity contribution in [3.8, 4) is 0 Å². The quantitative estimate of drug-likeness (QED) is 0.872. The Morgan fingerprint density at radius 1 is 1.65 bits per heavy atom. The smallest absolute Gasteiger partial charge is 0.242 e. The summed E-state index contributed by atoms with van der Waals surface area (Å²) in [5, 5.41) is 0. The summed E-state index contributed by atoms with van der Waals surface area (Å²) in [7, 11) is 1.78. The van der Waals surface area contributed by atoms with Gasteiger partial charge in [-0.25, -0.2) is 0 Å². The zero-order valence-electron chi connectivity index (χ0n) is 10.1. The Morgan fingerprint density at radius 3 is 3.00 bits per heavy atom. The zero-order chi connectivity index (χ0) is 12.5. The maximum Gasteiger partial charge on any atom is 0.242 e. The van der Waals surface area contributed by atoms with Crippen LogP contribution in [0.1, 0.15) is 19.8 Å². The summed E-state index contributed by atoms with van der Waals surface area (Å²) in [5.41, 5.74) is 7.11. The minimum atomic E-state index is -0.301. The standard InChI is InChI=1S/C12H17N3OS/c1-12(5-3-7-17-12)11(16)15(2)10-4-6-14-8-9(10)13/h4,6,8H,3,5,7,13H2,1-2H3. The molecule has 2 rings (SSSR count). The van der Waals surface area contributed by atoms with Crippen molar-refractivity contribution in [1.29, 1.82) is 0 Å². The van der Waals surface area contributed by atoms with Gasteiger partial charge in [-0.05, 0) is 31.6 Å². The maximum absolute atomic E-state index is 12.4. The number of nitrogen functional groups attached to an aromatic ring is 1. The van der Waals surface area contributed by atoms with Crippen LogP contribution in [0.25, 0.3) is 0 Å². The topological polar surface area (TPSA) is 59.2 Å². The fraction of sp³-hybridized carbons (Fsp3) is 0.500. The highest BCUT2D eigenvalue weighted by atomic mass is 32.2. The van der Waals surface area contributed by atoms with Gasteiger partial charge in [0.15, 0.2) is 0 Å². The Labute approximate surface area is 106 Å². The van der Waals surface area contributed by atoms with Gasteiger partial charge in [0.25, 0.3) is 0 Å². The third kappa shape index (κ3) is 2.24. The number of nitrogens with zero attached hydrogens (tertiary/aromatic N) is 2. The SMILES string of the molecule is CN(C(=O)C1(C)CCCS1)c1ccncc1N. The molecule has 1 aromatic heterocycles. The third-order valence-corrected chi connectivity index (χ3v) is 4.67. The molecule has 1 unspecified atom stereocenters. The first-order valence-electron chi connectivity index (χ1n) is 5.66. The number of thioether (sulfide) groups is 1. The molecule has 0 aliphatic carbocycles. The van der Waals surface area contributed by atoms with Crippen LogP contribution in [0.3, 0.4) is 0 Å². The molecular weight excluding hydrogens is 234 g/mol. The van der Waals surface area contributed by atoms with Crippen LogP contribution in [0, 0.1) is 0 Å². The van der Waals surface area contributed by atoms with Gasteiger partial charge in [-0.3, -0.25) is 9.78 Å². The van der Waals surface area contributed by atoms with Crippen LogP contribution in [-0.4, -0.2) is 28.4 Å². The molecule has 1 amide bonds. The number of hydrogen-bond acceptors (Lipinski definition) is 4. The van der Waals surface area contributed by atoms with Crippen LogP contribution in [0.15, 0.2) is 18.5 Å². The van der Waals surface area contributed by atoms with Crippen molar-refractivity contribution in [2.75, 3.05) is 23.4 Å². The van der Waals surface area contributed by atoms with Gasteiger partial charge in [0, 0.05) is 13.2 Å². The third-order valence-electron chi connectivity index (χ3n) is 3.17. The molecule has 1 atom stereocenters. The van der Waals surface area contributed by atoms with Crippen molar-refractivity contribution < 1.29 is 4.79 Å². The molecule has 1 fully saturated rings. The van der Waals surface area contributed by atoms with Crippen LogP contribution < -0.4 is 10.6 Å². The lowest BCUT2D eigenvalue weighted by molar-refractivity contribution is -0.120. The lowest BCUT2D eigenvalue weighted by atomic mass is 10.0. The number of carbonyl (C=O) groups is 1. The lowest BCUT2D eigenvalue weighted by Crippen LogP contribution is -2.42. The maximum atomic E-state index is 12.4. The Bertz CT molecular complexity index is 430. The molecule has 4 nitrogen and oxygen atoms in total. The molecule has 5 heteroatoms. The highest BCUT2D eigenvalue weighted by Gasteiger charge is 2.39. The van der Waals surface area contributed by atoms with E-state index in [0.717, 1.165) is 24.3 Å². The first kappa shape index (κ1) is 12.2. The lowest BCUT2D eigenvalue weighted by Gasteiger charge is -2.28. The van der Waals surface area contributed by atoms with Gasteiger partial charge in [0.05, 0.1) is 22.3 Å². The summed E-state index contributed by atoms with van der Waals surface area (Å²) in [4.78, 5) is 18.0. The molecule has 0 spiro atoms. The van der Waals surface area contributed by atoms with E-state index in [0.29, 0.717) is 5.69 Å². The molecule has 0 radical (unpaired) electrons. The highest BCUT2D eigenvalue weighted by Crippen LogP contribution is 2.40. The van der Waals surface area contributed by atoms with Gasteiger partial charge >= 0.3 is 0 Å². The Kier molecular flexibility index (Phi) is 3.28. The predicted octanol–water partition coefficient (Wildman–Crippen LogP) is 1.91. The molecule has 1 saturated heterocycles. The summed E-state index contributed by atoms with van der Waals surface area (Å²) in [6, 6.07) is 1.77. The Balaban J connectivity index is 2.23. The molecule has 17 heavy (non-hydrogen) atoms. The number of nitrogens with two attached hydrogens (primary N) is 1. The summed E-state index contributed by atoms with van der Waals surface area (Å²) in [6.45, 7) is 2.01. The van der Waals surface area contributed by atoms with E-state index in [1.807, 2.05) is 6.92 Å². The molecule has 0 saturated carbocycles. The Hall–Kier alpha value is -1.23. The van der Waals surface area contributed by atoms with E-state index in [2.05, 4.69) is 4.98 Å². The number of hydrogen-bond donors (Lipinski definition) is 1. The summed E-state index contributed by atoms with van der Waals surface area (Å²) in [5.74, 6) is 1.18. The van der Waals surface area contributed by atoms with Crippen LogP contribution in [0.4, 0.5) is 11.4 Å². The van der Waals surface area contributed by atoms with E-state index < -0.39 is 0 Å². The number of amides is 1. The number of aromatic nitrogens is 1. The molecular formula is C12H17N3OS. The van der Waals surface area contributed by atoms with Gasteiger partial charge in [-0.1, -0.05) is 0 Å². The fourth-order valence-corrected chi connectivity index (χ4v) is 3.40. The Morgan fingerprint density at radius 2 is 2.41 bits per heavy atom. The largest absolute Gasteiger partial charge is 0.396 e. The van der Waals surface area contributed by atoms with Gasteiger partial charge < -0.3 is 10.6 Å². The number of carbonyl (C=O) groups excluding carboxylic acids is 1. The normalized spacial score (nSPS) is 23.6. The van der Waals surface area contributed by atoms with Crippen LogP contribution in [0.2, 0.25) is 0 Å². The van der Waals surface area contributed by atoms with Crippen LogP contribution in [0.5, 0.6) is 0 Å². The van der Waals surface area contributed by atoms with Crippen molar-refractivity contribution in [2.24, 2.45) is 0 Å². The van der Waals surface area contributed by atoms with E-state index in [9.17, 15) is 4.79 Å². The van der Waals surface area contributed by atoms with E-state index in [-0.39, 0.29) is 10.7 Å². The van der Waals surface area contributed by atoms with Crippen molar-refractivity contribution in [3.05, 3.63) is 18.5 Å². The predicted molar refractivity (Wildman–Crippen MR) is 72.2 cm³/mol. The second-order valence-electron chi connectivity index (χ2n) is 4.48. The zero-order valence-corrected chi connectivity index (χ0v) is 11.0. The van der Waals surface area contributed by atoms with Gasteiger partial charge in [0.2, 0.25) is 5.91 Å². The molecule has 1 aliphatic rings. The molecule has 0 bridgehead atoms. The number of anilines is 2. The average Bonchev–Trinajstić information content (AvgIpc) is 2.76. The van der Waals surface area contributed by atoms with Crippen molar-refractivity contribution >= 4 is 29.0 Å². The van der Waals surface area contributed by atoms with E-state index in [1.54, 1.807) is 42.2 Å². The first-order chi connectivity index (χ1) is 8.04. The molecule has 1 aromatic rings. The minimum Gasteiger partial charge on any atom is -0.396 e. The van der Waals surface area contributed by atoms with E-state index in [4.69, 9.17) is 5.73 Å². The second-order valence-corrected chi connectivity index (χ2v) is 6.08. The molecule has 2 heterocycles. The molecule has 1 aliphatic heterocycles. The molecule has 0 aromatic carbocycles. The highest BCUT2D eigenvalue weighted by molar-refractivity contribution is 8.01. The summed E-state index contributed by atoms with van der Waals surface area (Å²) in [6.07, 6.45) is 5.27. The van der Waals surface area contributed by atoms with E-state index in [1.165, 1.54) is 0 Å². The van der Waals surface area contributed by atoms with Crippen molar-refractivity contribution in [2.45, 2.75) is 24.5 Å². The monoisotopic (exact) mass is 251 g/mol. The first-order valence-corrected chi connectivity index (χ1v) is 6.65. The van der Waals surface area contributed by atoms with Crippen LogP contribution >= 0.6 is 11.8 Å². The summed E-state index contributed by atoms with van der Waals surface area (Å²) < 4.78 is -0.301. The van der Waals surface area contributed by atoms with Crippen molar-refractivity contribution in [1.82, 2.24) is 4.98 Å². The van der Waals surface area contributed by atoms with Gasteiger partial charge in [-0.15, -0.1) is 11.8 Å². The van der Waals surface area contributed by atoms with Gasteiger partial charge in [0.1, 0.15) is 0 Å². The van der Waals surface area contributed by atoms with Crippen molar-refractivity contribution in [3.63, 3.8) is 0 Å². The molecule has 92 valence electrons. The summed E-state index contributed by atoms with van der Waals surface area (Å²) >= 11 is 1.73. The minimum absolute atomic E-state index is 0.123. The fourth-order valence-electron chi connectivity index (χ4n) is 2.12. The van der Waals surface area contributed by atoms with E-state index >= 15 is 0 Å². The number of rotatable bonds is 2. The average molecular weight is 251 g/mol. The number of pyridine rings is 1.